The molecule has 0 radical (unpaired) electrons. The first kappa shape index (κ1) is 19.1. The Hall–Kier alpha value is -2.21. The molecule has 0 saturated carbocycles. The number of nitroso groups, excluding NO2 is 1. The molecule has 3 atom stereocenters. The van der Waals surface area contributed by atoms with Crippen LogP contribution in [0.15, 0.2) is 29.4 Å². The number of nitrogens with zero attached hydrogens (tertiary/aromatic N) is 2. The van der Waals surface area contributed by atoms with E-state index in [1.807, 2.05) is 0 Å². The fourth-order valence-electron chi connectivity index (χ4n) is 5.51. The summed E-state index contributed by atoms with van der Waals surface area (Å²) in [5.41, 5.74) is 3.66. The molecule has 0 amide bonds. The van der Waals surface area contributed by atoms with Gasteiger partial charge in [-0.3, -0.25) is 4.90 Å². The molecular formula is C22H29N3O3. The zero-order valence-corrected chi connectivity index (χ0v) is 16.7. The van der Waals surface area contributed by atoms with E-state index in [2.05, 4.69) is 46.2 Å². The summed E-state index contributed by atoms with van der Waals surface area (Å²) in [5, 5.41) is 4.47. The monoisotopic (exact) mass is 383 g/mol. The molecule has 3 heterocycles. The zero-order valence-electron chi connectivity index (χ0n) is 16.7. The summed E-state index contributed by atoms with van der Waals surface area (Å²) in [6.07, 6.45) is 4.44. The third kappa shape index (κ3) is 3.04. The maximum atomic E-state index is 12.3. The van der Waals surface area contributed by atoms with Crippen LogP contribution in [-0.2, 0) is 16.0 Å². The van der Waals surface area contributed by atoms with Crippen LogP contribution in [0, 0.1) is 10.3 Å². The Morgan fingerprint density at radius 3 is 2.93 bits per heavy atom. The second kappa shape index (κ2) is 7.66. The Labute approximate surface area is 165 Å². The molecule has 150 valence electrons. The Balaban J connectivity index is 1.76. The number of fused-ring (bicyclic) bond motifs is 5. The van der Waals surface area contributed by atoms with E-state index in [9.17, 15) is 9.70 Å². The Kier molecular flexibility index (Phi) is 5.23. The molecule has 0 spiro atoms. The summed E-state index contributed by atoms with van der Waals surface area (Å²) >= 11 is 0. The molecule has 4 rings (SSSR count). The molecule has 2 aliphatic rings. The first-order valence-corrected chi connectivity index (χ1v) is 10.5. The number of nitrogens with one attached hydrogen (secondary N) is 1. The standard InChI is InChI=1S/C22H29N3O3/c1-3-22(14-18(24-27)21(26)28-4-2)11-7-12-25-13-10-16-15-8-5-6-9-17(15)23-19(16)20(22)25/h5-6,8-9,18,20,23H,3-4,7,10-14H2,1-2H3/t18?,20-,22+/m0/s1. The minimum Gasteiger partial charge on any atom is -0.464 e. The molecule has 6 nitrogen and oxygen atoms in total. The van der Waals surface area contributed by atoms with Crippen molar-refractivity contribution in [1.29, 1.82) is 0 Å². The van der Waals surface area contributed by atoms with E-state index >= 15 is 0 Å². The van der Waals surface area contributed by atoms with Crippen molar-refractivity contribution in [2.75, 3.05) is 19.7 Å². The number of para-hydroxylation sites is 1. The van der Waals surface area contributed by atoms with Crippen molar-refractivity contribution < 1.29 is 9.53 Å². The quantitative estimate of drug-likeness (QED) is 0.594. The number of aromatic amines is 1. The smallest absolute Gasteiger partial charge is 0.334 e. The number of aromatic nitrogens is 1. The summed E-state index contributed by atoms with van der Waals surface area (Å²) in [4.78, 5) is 30.1. The highest BCUT2D eigenvalue weighted by atomic mass is 16.5. The molecule has 1 fully saturated rings. The molecule has 1 aromatic heterocycles. The van der Waals surface area contributed by atoms with E-state index in [-0.39, 0.29) is 18.1 Å². The molecule has 2 aliphatic heterocycles. The van der Waals surface area contributed by atoms with Gasteiger partial charge in [-0.15, -0.1) is 4.91 Å². The highest BCUT2D eigenvalue weighted by Crippen LogP contribution is 2.54. The third-order valence-electron chi connectivity index (χ3n) is 6.82. The zero-order chi connectivity index (χ0) is 19.7. The molecule has 1 saturated heterocycles. The van der Waals surface area contributed by atoms with Crippen molar-refractivity contribution in [2.45, 2.75) is 58.0 Å². The second-order valence-electron chi connectivity index (χ2n) is 8.15. The first-order valence-electron chi connectivity index (χ1n) is 10.5. The number of H-pyrrole nitrogens is 1. The van der Waals surface area contributed by atoms with Crippen LogP contribution < -0.4 is 0 Å². The minimum absolute atomic E-state index is 0.167. The van der Waals surface area contributed by atoms with Gasteiger partial charge in [-0.05, 0) is 62.6 Å². The third-order valence-corrected chi connectivity index (χ3v) is 6.82. The SMILES string of the molecule is CCOC(=O)C(C[C@@]1(CC)CCCN2CCc3c([nH]c4ccccc34)[C@H]21)N=O. The number of esters is 1. The minimum atomic E-state index is -0.936. The van der Waals surface area contributed by atoms with E-state index in [1.54, 1.807) is 6.92 Å². The highest BCUT2D eigenvalue weighted by molar-refractivity contribution is 5.85. The summed E-state index contributed by atoms with van der Waals surface area (Å²) in [7, 11) is 0. The van der Waals surface area contributed by atoms with Gasteiger partial charge in [0.25, 0.3) is 0 Å². The summed E-state index contributed by atoms with van der Waals surface area (Å²) in [5.74, 6) is -0.491. The number of hydrogen-bond donors (Lipinski definition) is 1. The average molecular weight is 383 g/mol. The van der Waals surface area contributed by atoms with Crippen LogP contribution in [0.5, 0.6) is 0 Å². The number of piperidine rings is 1. The van der Waals surface area contributed by atoms with Gasteiger partial charge in [0, 0.05) is 23.1 Å². The average Bonchev–Trinajstić information content (AvgIpc) is 3.10. The Bertz CT molecular complexity index is 877. The lowest BCUT2D eigenvalue weighted by atomic mass is 9.65. The van der Waals surface area contributed by atoms with Crippen molar-refractivity contribution in [3.8, 4) is 0 Å². The number of carbonyl (C=O) groups excluding carboxylic acids is 1. The van der Waals surface area contributed by atoms with Gasteiger partial charge in [0.05, 0.1) is 12.6 Å². The summed E-state index contributed by atoms with van der Waals surface area (Å²) in [6, 6.07) is 7.71. The lowest BCUT2D eigenvalue weighted by Gasteiger charge is -2.52. The molecule has 28 heavy (non-hydrogen) atoms. The first-order chi connectivity index (χ1) is 13.6. The Morgan fingerprint density at radius 2 is 2.18 bits per heavy atom. The molecule has 0 bridgehead atoms. The lowest BCUT2D eigenvalue weighted by molar-refractivity contribution is -0.146. The van der Waals surface area contributed by atoms with E-state index in [1.165, 1.54) is 22.2 Å². The normalized spacial score (nSPS) is 25.7. The van der Waals surface area contributed by atoms with Crippen molar-refractivity contribution in [2.24, 2.45) is 10.6 Å². The fraction of sp³-hybridized carbons (Fsp3) is 0.591. The van der Waals surface area contributed by atoms with Gasteiger partial charge in [-0.25, -0.2) is 4.79 Å². The van der Waals surface area contributed by atoms with Crippen LogP contribution in [0.25, 0.3) is 10.9 Å². The predicted octanol–water partition coefficient (Wildman–Crippen LogP) is 4.35. The van der Waals surface area contributed by atoms with Gasteiger partial charge >= 0.3 is 5.97 Å². The van der Waals surface area contributed by atoms with E-state index in [0.717, 1.165) is 38.8 Å². The van der Waals surface area contributed by atoms with Crippen LogP contribution in [0.1, 0.15) is 56.8 Å². The topological polar surface area (TPSA) is 74.8 Å². The number of ether oxygens (including phenoxy) is 1. The summed E-state index contributed by atoms with van der Waals surface area (Å²) in [6.45, 7) is 6.27. The second-order valence-corrected chi connectivity index (χ2v) is 8.15. The lowest BCUT2D eigenvalue weighted by Crippen LogP contribution is -2.50. The predicted molar refractivity (Wildman–Crippen MR) is 109 cm³/mol. The van der Waals surface area contributed by atoms with Crippen molar-refractivity contribution in [3.63, 3.8) is 0 Å². The number of hydrogen-bond acceptors (Lipinski definition) is 5. The summed E-state index contributed by atoms with van der Waals surface area (Å²) < 4.78 is 5.13. The van der Waals surface area contributed by atoms with Crippen molar-refractivity contribution in [3.05, 3.63) is 40.4 Å². The van der Waals surface area contributed by atoms with Crippen LogP contribution in [0.3, 0.4) is 0 Å². The van der Waals surface area contributed by atoms with Crippen LogP contribution in [0.4, 0.5) is 0 Å². The molecule has 1 unspecified atom stereocenters. The van der Waals surface area contributed by atoms with Crippen LogP contribution in [0.2, 0.25) is 0 Å². The van der Waals surface area contributed by atoms with E-state index < -0.39 is 12.0 Å². The van der Waals surface area contributed by atoms with Gasteiger partial charge < -0.3 is 9.72 Å². The largest absolute Gasteiger partial charge is 0.464 e. The molecule has 6 heteroatoms. The van der Waals surface area contributed by atoms with Crippen molar-refractivity contribution >= 4 is 16.9 Å². The van der Waals surface area contributed by atoms with E-state index in [4.69, 9.17) is 4.74 Å². The van der Waals surface area contributed by atoms with Crippen LogP contribution in [-0.4, -0.2) is 41.6 Å². The number of rotatable bonds is 6. The maximum Gasteiger partial charge on any atom is 0.334 e. The van der Waals surface area contributed by atoms with Gasteiger partial charge in [0.15, 0.2) is 6.04 Å². The van der Waals surface area contributed by atoms with Gasteiger partial charge in [0.2, 0.25) is 0 Å². The molecule has 1 aromatic carbocycles. The van der Waals surface area contributed by atoms with Gasteiger partial charge in [-0.2, -0.15) is 0 Å². The van der Waals surface area contributed by atoms with Gasteiger partial charge in [0.1, 0.15) is 0 Å². The van der Waals surface area contributed by atoms with Gasteiger partial charge in [-0.1, -0.05) is 30.3 Å². The maximum absolute atomic E-state index is 12.3. The molecule has 2 aromatic rings. The van der Waals surface area contributed by atoms with E-state index in [0.29, 0.717) is 6.42 Å². The number of benzene rings is 1. The fourth-order valence-corrected chi connectivity index (χ4v) is 5.51. The molecule has 0 aliphatic carbocycles. The van der Waals surface area contributed by atoms with Crippen LogP contribution >= 0.6 is 0 Å². The van der Waals surface area contributed by atoms with Crippen molar-refractivity contribution in [1.82, 2.24) is 9.88 Å². The Morgan fingerprint density at radius 1 is 1.36 bits per heavy atom. The highest BCUT2D eigenvalue weighted by Gasteiger charge is 2.49. The molecular weight excluding hydrogens is 354 g/mol. The molecule has 1 N–H and O–H groups in total. The number of carbonyl (C=O) groups is 1.